The Bertz CT molecular complexity index is 1620. The highest BCUT2D eigenvalue weighted by Crippen LogP contribution is 2.45. The number of pyridine rings is 1. The smallest absolute Gasteiger partial charge is 0.410 e. The van der Waals surface area contributed by atoms with E-state index >= 15 is 4.39 Å². The van der Waals surface area contributed by atoms with E-state index in [0.29, 0.717) is 53.6 Å². The van der Waals surface area contributed by atoms with Crippen LogP contribution in [-0.4, -0.2) is 70.9 Å². The highest BCUT2D eigenvalue weighted by molar-refractivity contribution is 6.05. The van der Waals surface area contributed by atoms with Gasteiger partial charge in [0.15, 0.2) is 5.82 Å². The topological polar surface area (TPSA) is 89.9 Å². The minimum Gasteiger partial charge on any atom is -0.490 e. The van der Waals surface area contributed by atoms with E-state index in [1.165, 1.54) is 6.33 Å². The number of anilines is 1. The molecule has 1 fully saturated rings. The Kier molecular flexibility index (Phi) is 5.93. The lowest BCUT2D eigenvalue weighted by atomic mass is 9.93. The Morgan fingerprint density at radius 3 is 2.72 bits per heavy atom. The van der Waals surface area contributed by atoms with Crippen molar-refractivity contribution in [2.75, 3.05) is 38.3 Å². The van der Waals surface area contributed by atoms with Gasteiger partial charge >= 0.3 is 6.09 Å². The Morgan fingerprint density at radius 2 is 1.95 bits per heavy atom. The Labute approximate surface area is 225 Å². The van der Waals surface area contributed by atoms with Gasteiger partial charge in [0.2, 0.25) is 5.88 Å². The predicted octanol–water partition coefficient (Wildman–Crippen LogP) is 5.12. The largest absolute Gasteiger partial charge is 0.490 e. The summed E-state index contributed by atoms with van der Waals surface area (Å²) in [6.07, 6.45) is 2.69. The third-order valence-electron chi connectivity index (χ3n) is 7.20. The Morgan fingerprint density at radius 1 is 1.13 bits per heavy atom. The number of methoxy groups -OCH3 is 1. The highest BCUT2D eigenvalue weighted by Gasteiger charge is 2.37. The number of hydrogen-bond acceptors (Lipinski definition) is 8. The van der Waals surface area contributed by atoms with Gasteiger partial charge in [0.1, 0.15) is 35.6 Å². The summed E-state index contributed by atoms with van der Waals surface area (Å²) in [6.45, 7) is 9.12. The van der Waals surface area contributed by atoms with E-state index in [1.807, 2.05) is 45.9 Å². The van der Waals surface area contributed by atoms with Crippen molar-refractivity contribution >= 4 is 33.6 Å². The predicted molar refractivity (Wildman–Crippen MR) is 146 cm³/mol. The number of hydrogen-bond donors (Lipinski definition) is 0. The Balaban J connectivity index is 1.46. The summed E-state index contributed by atoms with van der Waals surface area (Å²) < 4.78 is 33.9. The van der Waals surface area contributed by atoms with Crippen LogP contribution in [0.4, 0.5) is 15.0 Å². The normalized spacial score (nSPS) is 17.0. The molecule has 6 rings (SSSR count). The molecule has 4 heterocycles. The molecule has 10 heteroatoms. The molecule has 4 aromatic rings. The molecule has 9 nitrogen and oxygen atoms in total. The van der Waals surface area contributed by atoms with Crippen LogP contribution in [0.3, 0.4) is 0 Å². The second kappa shape index (κ2) is 9.21. The number of fused-ring (bicyclic) bond motifs is 3. The lowest BCUT2D eigenvalue weighted by Crippen LogP contribution is -2.57. The van der Waals surface area contributed by atoms with E-state index in [9.17, 15) is 4.79 Å². The van der Waals surface area contributed by atoms with Gasteiger partial charge in [-0.1, -0.05) is 12.1 Å². The third-order valence-corrected chi connectivity index (χ3v) is 7.20. The van der Waals surface area contributed by atoms with Gasteiger partial charge in [-0.05, 0) is 50.8 Å². The standard InChI is InChI=1S/C29H30FN5O4/c1-16-6-7-17-8-9-31-27(37-5)22(17)21(16)19-12-20-23-25(24(19)30)32-15-33-26(23)35-11-10-34(13-18(35)14-38-20)28(36)39-29(2,3)4/h6-9,12,15,18H,10-11,13-14H2,1-5H3/t18-/m0/s1. The Hall–Kier alpha value is -4.21. The maximum absolute atomic E-state index is 16.4. The number of amides is 1. The van der Waals surface area contributed by atoms with Gasteiger partial charge in [0, 0.05) is 37.0 Å². The maximum Gasteiger partial charge on any atom is 0.410 e. The molecule has 2 aliphatic rings. The number of aryl methyl sites for hydroxylation is 1. The average molecular weight is 532 g/mol. The molecule has 2 aromatic heterocycles. The van der Waals surface area contributed by atoms with Gasteiger partial charge in [0.05, 0.1) is 23.9 Å². The van der Waals surface area contributed by atoms with Gasteiger partial charge in [-0.25, -0.2) is 24.1 Å². The van der Waals surface area contributed by atoms with E-state index in [-0.39, 0.29) is 24.3 Å². The second-order valence-electron chi connectivity index (χ2n) is 10.9. The molecule has 202 valence electrons. The van der Waals surface area contributed by atoms with Crippen LogP contribution in [0.15, 0.2) is 36.8 Å². The summed E-state index contributed by atoms with van der Waals surface area (Å²) >= 11 is 0. The lowest BCUT2D eigenvalue weighted by molar-refractivity contribution is 0.0202. The molecule has 0 spiro atoms. The zero-order valence-corrected chi connectivity index (χ0v) is 22.6. The maximum atomic E-state index is 16.4. The van der Waals surface area contributed by atoms with E-state index in [2.05, 4.69) is 19.9 Å². The number of carbonyl (C=O) groups excluding carboxylic acids is 1. The first-order valence-corrected chi connectivity index (χ1v) is 12.9. The van der Waals surface area contributed by atoms with Gasteiger partial charge in [-0.3, -0.25) is 0 Å². The van der Waals surface area contributed by atoms with Crippen molar-refractivity contribution in [3.05, 3.63) is 48.2 Å². The fraction of sp³-hybridized carbons (Fsp3) is 0.379. The number of benzene rings is 2. The van der Waals surface area contributed by atoms with E-state index < -0.39 is 11.4 Å². The zero-order chi connectivity index (χ0) is 27.5. The minimum absolute atomic E-state index is 0.182. The third kappa shape index (κ3) is 4.24. The fourth-order valence-corrected chi connectivity index (χ4v) is 5.48. The molecule has 0 unspecified atom stereocenters. The molecular formula is C29H30FN5O4. The van der Waals surface area contributed by atoms with Crippen LogP contribution in [0.5, 0.6) is 11.6 Å². The molecule has 1 atom stereocenters. The van der Waals surface area contributed by atoms with Crippen LogP contribution < -0.4 is 14.4 Å². The number of aromatic nitrogens is 3. The summed E-state index contributed by atoms with van der Waals surface area (Å²) in [5.41, 5.74) is 1.49. The van der Waals surface area contributed by atoms with Crippen molar-refractivity contribution in [2.45, 2.75) is 39.3 Å². The number of ether oxygens (including phenoxy) is 3. The number of rotatable bonds is 2. The van der Waals surface area contributed by atoms with Crippen LogP contribution in [0.2, 0.25) is 0 Å². The van der Waals surface area contributed by atoms with Gasteiger partial charge in [-0.2, -0.15) is 0 Å². The van der Waals surface area contributed by atoms with Crippen LogP contribution in [0.25, 0.3) is 32.8 Å². The second-order valence-corrected chi connectivity index (χ2v) is 10.9. The molecule has 0 bridgehead atoms. The SMILES string of the molecule is COc1nccc2ccc(C)c(-c3cc4c5c(ncnc5c3F)N3CCN(C(=O)OC(C)(C)C)C[C@H]3CO4)c12. The molecule has 39 heavy (non-hydrogen) atoms. The molecule has 2 aromatic carbocycles. The van der Waals surface area contributed by atoms with Gasteiger partial charge < -0.3 is 24.0 Å². The lowest BCUT2D eigenvalue weighted by Gasteiger charge is -2.41. The van der Waals surface area contributed by atoms with Crippen molar-refractivity contribution in [1.82, 2.24) is 19.9 Å². The van der Waals surface area contributed by atoms with Crippen molar-refractivity contribution in [1.29, 1.82) is 0 Å². The zero-order valence-electron chi connectivity index (χ0n) is 22.6. The first-order valence-electron chi connectivity index (χ1n) is 12.9. The average Bonchev–Trinajstić information content (AvgIpc) is 3.06. The van der Waals surface area contributed by atoms with E-state index in [4.69, 9.17) is 14.2 Å². The van der Waals surface area contributed by atoms with Crippen LogP contribution in [0.1, 0.15) is 26.3 Å². The molecule has 1 amide bonds. The number of piperazine rings is 1. The summed E-state index contributed by atoms with van der Waals surface area (Å²) in [7, 11) is 1.55. The number of carbonyl (C=O) groups is 1. The van der Waals surface area contributed by atoms with Crippen LogP contribution >= 0.6 is 0 Å². The van der Waals surface area contributed by atoms with Crippen LogP contribution in [-0.2, 0) is 4.74 Å². The van der Waals surface area contributed by atoms with Crippen molar-refractivity contribution < 1.29 is 23.4 Å². The molecule has 2 aliphatic heterocycles. The number of nitrogens with zero attached hydrogens (tertiary/aromatic N) is 5. The molecule has 0 saturated carbocycles. The van der Waals surface area contributed by atoms with E-state index in [0.717, 1.165) is 16.3 Å². The monoisotopic (exact) mass is 531 g/mol. The first kappa shape index (κ1) is 25.1. The molecule has 0 N–H and O–H groups in total. The van der Waals surface area contributed by atoms with Crippen LogP contribution in [0, 0.1) is 12.7 Å². The molecule has 0 aliphatic carbocycles. The summed E-state index contributed by atoms with van der Waals surface area (Å²) in [6, 6.07) is 7.34. The summed E-state index contributed by atoms with van der Waals surface area (Å²) in [4.78, 5) is 29.8. The van der Waals surface area contributed by atoms with E-state index in [1.54, 1.807) is 24.3 Å². The van der Waals surface area contributed by atoms with Crippen molar-refractivity contribution in [2.24, 2.45) is 0 Å². The fourth-order valence-electron chi connectivity index (χ4n) is 5.48. The van der Waals surface area contributed by atoms with Crippen molar-refractivity contribution in [3.8, 4) is 22.8 Å². The van der Waals surface area contributed by atoms with Crippen molar-refractivity contribution in [3.63, 3.8) is 0 Å². The van der Waals surface area contributed by atoms with Gasteiger partial charge in [-0.15, -0.1) is 0 Å². The summed E-state index contributed by atoms with van der Waals surface area (Å²) in [5.74, 6) is 1.05. The number of halogens is 1. The molecule has 1 saturated heterocycles. The van der Waals surface area contributed by atoms with Gasteiger partial charge in [0.25, 0.3) is 0 Å². The highest BCUT2D eigenvalue weighted by atomic mass is 19.1. The first-order chi connectivity index (χ1) is 18.7. The quantitative estimate of drug-likeness (QED) is 0.352. The molecular weight excluding hydrogens is 501 g/mol. The minimum atomic E-state index is -0.588. The summed E-state index contributed by atoms with van der Waals surface area (Å²) in [5, 5.41) is 2.13. The molecule has 0 radical (unpaired) electrons.